The van der Waals surface area contributed by atoms with Gasteiger partial charge in [0.1, 0.15) is 0 Å². The lowest BCUT2D eigenvalue weighted by Gasteiger charge is -2.10. The van der Waals surface area contributed by atoms with Crippen LogP contribution in [-0.2, 0) is 9.53 Å². The molecule has 0 radical (unpaired) electrons. The first kappa shape index (κ1) is 12.4. The van der Waals surface area contributed by atoms with Crippen LogP contribution in [0, 0.1) is 11.8 Å². The van der Waals surface area contributed by atoms with Gasteiger partial charge >= 0.3 is 5.97 Å². The second kappa shape index (κ2) is 6.89. The zero-order chi connectivity index (χ0) is 10.3. The summed E-state index contributed by atoms with van der Waals surface area (Å²) < 4.78 is 5.07. The molecule has 0 aliphatic heterocycles. The van der Waals surface area contributed by atoms with Crippen LogP contribution >= 0.6 is 0 Å². The Morgan fingerprint density at radius 3 is 2.38 bits per heavy atom. The van der Waals surface area contributed by atoms with E-state index in [2.05, 4.69) is 13.8 Å². The topological polar surface area (TPSA) is 52.3 Å². The van der Waals surface area contributed by atoms with Gasteiger partial charge in [0.2, 0.25) is 0 Å². The maximum absolute atomic E-state index is 11.2. The third-order valence-corrected chi connectivity index (χ3v) is 1.94. The molecule has 2 N–H and O–H groups in total. The average molecular weight is 187 g/mol. The first-order chi connectivity index (χ1) is 6.07. The molecule has 1 atom stereocenters. The molecule has 0 amide bonds. The molecule has 0 aliphatic carbocycles. The van der Waals surface area contributed by atoms with Crippen LogP contribution in [0.5, 0.6) is 0 Å². The molecule has 0 saturated heterocycles. The average Bonchev–Trinajstić information content (AvgIpc) is 2.04. The second-order valence-electron chi connectivity index (χ2n) is 3.83. The summed E-state index contributed by atoms with van der Waals surface area (Å²) in [5.41, 5.74) is 5.34. The van der Waals surface area contributed by atoms with Crippen molar-refractivity contribution in [1.82, 2.24) is 0 Å². The largest absolute Gasteiger partial charge is 0.465 e. The number of carbonyl (C=O) groups is 1. The highest BCUT2D eigenvalue weighted by Gasteiger charge is 2.12. The van der Waals surface area contributed by atoms with Crippen molar-refractivity contribution in [2.75, 3.05) is 13.2 Å². The SMILES string of the molecule is CC(C)CCOC(=O)C(C)CCN. The van der Waals surface area contributed by atoms with Gasteiger partial charge in [0.15, 0.2) is 0 Å². The fourth-order valence-corrected chi connectivity index (χ4v) is 0.905. The van der Waals surface area contributed by atoms with Crippen molar-refractivity contribution in [2.24, 2.45) is 17.6 Å². The van der Waals surface area contributed by atoms with E-state index >= 15 is 0 Å². The van der Waals surface area contributed by atoms with E-state index in [1.54, 1.807) is 0 Å². The Hall–Kier alpha value is -0.570. The van der Waals surface area contributed by atoms with Gasteiger partial charge in [-0.15, -0.1) is 0 Å². The number of nitrogens with two attached hydrogens (primary N) is 1. The fourth-order valence-electron chi connectivity index (χ4n) is 0.905. The first-order valence-electron chi connectivity index (χ1n) is 4.94. The molecule has 13 heavy (non-hydrogen) atoms. The number of hydrogen-bond donors (Lipinski definition) is 1. The predicted molar refractivity (Wildman–Crippen MR) is 53.2 cm³/mol. The molecule has 0 saturated carbocycles. The van der Waals surface area contributed by atoms with Crippen molar-refractivity contribution < 1.29 is 9.53 Å². The molecule has 78 valence electrons. The smallest absolute Gasteiger partial charge is 0.308 e. The van der Waals surface area contributed by atoms with Crippen molar-refractivity contribution >= 4 is 5.97 Å². The standard InChI is InChI=1S/C10H21NO2/c1-8(2)5-7-13-10(12)9(3)4-6-11/h8-9H,4-7,11H2,1-3H3. The highest BCUT2D eigenvalue weighted by atomic mass is 16.5. The maximum atomic E-state index is 11.2. The number of hydrogen-bond acceptors (Lipinski definition) is 3. The highest BCUT2D eigenvalue weighted by Crippen LogP contribution is 2.05. The summed E-state index contributed by atoms with van der Waals surface area (Å²) in [6, 6.07) is 0. The lowest BCUT2D eigenvalue weighted by atomic mass is 10.1. The van der Waals surface area contributed by atoms with Crippen LogP contribution in [0.4, 0.5) is 0 Å². The molecule has 3 heteroatoms. The van der Waals surface area contributed by atoms with Gasteiger partial charge in [-0.25, -0.2) is 0 Å². The van der Waals surface area contributed by atoms with Gasteiger partial charge in [0.25, 0.3) is 0 Å². The van der Waals surface area contributed by atoms with Gasteiger partial charge in [-0.3, -0.25) is 4.79 Å². The van der Waals surface area contributed by atoms with Gasteiger partial charge in [0.05, 0.1) is 12.5 Å². The summed E-state index contributed by atoms with van der Waals surface area (Å²) in [7, 11) is 0. The maximum Gasteiger partial charge on any atom is 0.308 e. The van der Waals surface area contributed by atoms with Gasteiger partial charge < -0.3 is 10.5 Å². The van der Waals surface area contributed by atoms with E-state index in [0.29, 0.717) is 25.5 Å². The first-order valence-corrected chi connectivity index (χ1v) is 4.94. The van der Waals surface area contributed by atoms with Crippen LogP contribution in [0.25, 0.3) is 0 Å². The second-order valence-corrected chi connectivity index (χ2v) is 3.83. The fraction of sp³-hybridized carbons (Fsp3) is 0.900. The van der Waals surface area contributed by atoms with Gasteiger partial charge in [0, 0.05) is 0 Å². The zero-order valence-corrected chi connectivity index (χ0v) is 8.88. The molecule has 0 spiro atoms. The van der Waals surface area contributed by atoms with Crippen molar-refractivity contribution in [2.45, 2.75) is 33.6 Å². The predicted octanol–water partition coefficient (Wildman–Crippen LogP) is 1.56. The monoisotopic (exact) mass is 187 g/mol. The number of carbonyl (C=O) groups excluding carboxylic acids is 1. The third-order valence-electron chi connectivity index (χ3n) is 1.94. The van der Waals surface area contributed by atoms with Crippen molar-refractivity contribution in [1.29, 1.82) is 0 Å². The van der Waals surface area contributed by atoms with Crippen molar-refractivity contribution in [3.63, 3.8) is 0 Å². The van der Waals surface area contributed by atoms with Crippen LogP contribution in [0.1, 0.15) is 33.6 Å². The summed E-state index contributed by atoms with van der Waals surface area (Å²) in [4.78, 5) is 11.2. The number of ether oxygens (including phenoxy) is 1. The number of rotatable bonds is 6. The molecular weight excluding hydrogens is 166 g/mol. The van der Waals surface area contributed by atoms with Crippen molar-refractivity contribution in [3.8, 4) is 0 Å². The minimum absolute atomic E-state index is 0.0582. The van der Waals surface area contributed by atoms with Crippen LogP contribution in [-0.4, -0.2) is 19.1 Å². The lowest BCUT2D eigenvalue weighted by molar-refractivity contribution is -0.148. The van der Waals surface area contributed by atoms with Crippen LogP contribution in [0.2, 0.25) is 0 Å². The summed E-state index contributed by atoms with van der Waals surface area (Å²) in [6.45, 7) is 7.14. The van der Waals surface area contributed by atoms with Crippen LogP contribution in [0.3, 0.4) is 0 Å². The summed E-state index contributed by atoms with van der Waals surface area (Å²) in [5.74, 6) is 0.404. The molecular formula is C10H21NO2. The number of esters is 1. The third kappa shape index (κ3) is 6.58. The lowest BCUT2D eigenvalue weighted by Crippen LogP contribution is -2.19. The van der Waals surface area contributed by atoms with E-state index in [9.17, 15) is 4.79 Å². The van der Waals surface area contributed by atoms with Crippen LogP contribution < -0.4 is 5.73 Å². The molecule has 0 aliphatic rings. The van der Waals surface area contributed by atoms with E-state index in [1.807, 2.05) is 6.92 Å². The summed E-state index contributed by atoms with van der Waals surface area (Å²) in [5, 5.41) is 0. The normalized spacial score (nSPS) is 13.0. The molecule has 0 bridgehead atoms. The molecule has 0 aromatic carbocycles. The van der Waals surface area contributed by atoms with Gasteiger partial charge in [-0.2, -0.15) is 0 Å². The molecule has 0 rings (SSSR count). The van der Waals surface area contributed by atoms with E-state index in [-0.39, 0.29) is 11.9 Å². The zero-order valence-electron chi connectivity index (χ0n) is 8.88. The Labute approximate surface area is 80.6 Å². The minimum atomic E-state index is -0.119. The molecule has 1 unspecified atom stereocenters. The van der Waals surface area contributed by atoms with E-state index in [0.717, 1.165) is 6.42 Å². The Morgan fingerprint density at radius 1 is 1.31 bits per heavy atom. The molecule has 0 aromatic rings. The van der Waals surface area contributed by atoms with E-state index in [1.165, 1.54) is 0 Å². The highest BCUT2D eigenvalue weighted by molar-refractivity contribution is 5.71. The van der Waals surface area contributed by atoms with Gasteiger partial charge in [-0.1, -0.05) is 20.8 Å². The minimum Gasteiger partial charge on any atom is -0.465 e. The Bertz CT molecular complexity index is 146. The quantitative estimate of drug-likeness (QED) is 0.642. The summed E-state index contributed by atoms with van der Waals surface area (Å²) >= 11 is 0. The van der Waals surface area contributed by atoms with Crippen LogP contribution in [0.15, 0.2) is 0 Å². The Balaban J connectivity index is 3.50. The van der Waals surface area contributed by atoms with E-state index < -0.39 is 0 Å². The Kier molecular flexibility index (Phi) is 6.59. The van der Waals surface area contributed by atoms with E-state index in [4.69, 9.17) is 10.5 Å². The van der Waals surface area contributed by atoms with Crippen molar-refractivity contribution in [3.05, 3.63) is 0 Å². The molecule has 0 aromatic heterocycles. The van der Waals surface area contributed by atoms with Gasteiger partial charge in [-0.05, 0) is 25.3 Å². The molecule has 3 nitrogen and oxygen atoms in total. The molecule has 0 heterocycles. The molecule has 0 fully saturated rings. The Morgan fingerprint density at radius 2 is 1.92 bits per heavy atom. The summed E-state index contributed by atoms with van der Waals surface area (Å²) in [6.07, 6.45) is 1.64.